The molecule has 0 radical (unpaired) electrons. The molecular formula is C19H22BrNO2. The fourth-order valence-corrected chi connectivity index (χ4v) is 2.51. The minimum Gasteiger partial charge on any atom is -0.493 e. The van der Waals surface area contributed by atoms with Crippen LogP contribution in [0.1, 0.15) is 35.7 Å². The summed E-state index contributed by atoms with van der Waals surface area (Å²) < 4.78 is 6.72. The third-order valence-electron chi connectivity index (χ3n) is 3.45. The monoisotopic (exact) mass is 375 g/mol. The Labute approximate surface area is 146 Å². The molecule has 0 fully saturated rings. The summed E-state index contributed by atoms with van der Waals surface area (Å²) in [6.07, 6.45) is 2.77. The van der Waals surface area contributed by atoms with E-state index in [0.717, 1.165) is 36.1 Å². The van der Waals surface area contributed by atoms with Gasteiger partial charge in [-0.25, -0.2) is 0 Å². The second-order valence-electron chi connectivity index (χ2n) is 5.32. The minimum atomic E-state index is -0.0342. The molecule has 0 heterocycles. The fraction of sp³-hybridized carbons (Fsp3) is 0.316. The van der Waals surface area contributed by atoms with E-state index >= 15 is 0 Å². The summed E-state index contributed by atoms with van der Waals surface area (Å²) in [6, 6.07) is 15.5. The van der Waals surface area contributed by atoms with Gasteiger partial charge in [0.1, 0.15) is 5.75 Å². The number of hydrogen-bond acceptors (Lipinski definition) is 2. The summed E-state index contributed by atoms with van der Waals surface area (Å²) in [5.74, 6) is 0.918. The highest BCUT2D eigenvalue weighted by molar-refractivity contribution is 9.10. The Morgan fingerprint density at radius 2 is 1.87 bits per heavy atom. The van der Waals surface area contributed by atoms with Crippen LogP contribution in [-0.4, -0.2) is 19.1 Å². The highest BCUT2D eigenvalue weighted by Gasteiger charge is 2.06. The molecule has 0 unspecified atom stereocenters. The molecule has 0 aliphatic carbocycles. The van der Waals surface area contributed by atoms with Crippen LogP contribution in [0.4, 0.5) is 0 Å². The number of amides is 1. The van der Waals surface area contributed by atoms with E-state index in [-0.39, 0.29) is 5.91 Å². The molecule has 122 valence electrons. The van der Waals surface area contributed by atoms with Crippen LogP contribution in [-0.2, 0) is 6.42 Å². The van der Waals surface area contributed by atoms with Gasteiger partial charge < -0.3 is 10.1 Å². The molecule has 2 rings (SSSR count). The van der Waals surface area contributed by atoms with Crippen molar-refractivity contribution >= 4 is 21.8 Å². The van der Waals surface area contributed by atoms with E-state index in [1.165, 1.54) is 5.56 Å². The van der Waals surface area contributed by atoms with Crippen molar-refractivity contribution < 1.29 is 9.53 Å². The molecule has 1 amide bonds. The largest absolute Gasteiger partial charge is 0.493 e. The maximum absolute atomic E-state index is 12.0. The van der Waals surface area contributed by atoms with Gasteiger partial charge >= 0.3 is 0 Å². The molecule has 4 heteroatoms. The topological polar surface area (TPSA) is 38.3 Å². The maximum Gasteiger partial charge on any atom is 0.251 e. The average molecular weight is 376 g/mol. The highest BCUT2D eigenvalue weighted by atomic mass is 79.9. The van der Waals surface area contributed by atoms with Crippen molar-refractivity contribution in [2.75, 3.05) is 13.2 Å². The van der Waals surface area contributed by atoms with E-state index in [9.17, 15) is 4.79 Å². The number of halogens is 1. The lowest BCUT2D eigenvalue weighted by Crippen LogP contribution is -2.24. The minimum absolute atomic E-state index is 0.0342. The van der Waals surface area contributed by atoms with Gasteiger partial charge in [-0.1, -0.05) is 41.1 Å². The van der Waals surface area contributed by atoms with Crippen LogP contribution in [0.5, 0.6) is 5.75 Å². The zero-order chi connectivity index (χ0) is 16.5. The number of carbonyl (C=O) groups is 1. The quantitative estimate of drug-likeness (QED) is 0.684. The number of para-hydroxylation sites is 1. The van der Waals surface area contributed by atoms with E-state index < -0.39 is 0 Å². The first-order chi connectivity index (χ1) is 11.2. The van der Waals surface area contributed by atoms with Gasteiger partial charge in [-0.2, -0.15) is 0 Å². The third-order valence-corrected chi connectivity index (χ3v) is 3.98. The first-order valence-electron chi connectivity index (χ1n) is 7.95. The Bertz CT molecular complexity index is 626. The van der Waals surface area contributed by atoms with Gasteiger partial charge in [0.05, 0.1) is 6.61 Å². The Kier molecular flexibility index (Phi) is 7.14. The first-order valence-corrected chi connectivity index (χ1v) is 8.74. The Hall–Kier alpha value is -1.81. The smallest absolute Gasteiger partial charge is 0.251 e. The molecule has 0 aliphatic heterocycles. The van der Waals surface area contributed by atoms with Gasteiger partial charge in [-0.3, -0.25) is 4.79 Å². The summed E-state index contributed by atoms with van der Waals surface area (Å²) in [4.78, 5) is 12.0. The Balaban J connectivity index is 1.79. The SMILES string of the molecule is CCCOc1ccccc1CCCNC(=O)c1ccc(Br)cc1. The highest BCUT2D eigenvalue weighted by Crippen LogP contribution is 2.19. The van der Waals surface area contributed by atoms with Crippen molar-refractivity contribution in [2.24, 2.45) is 0 Å². The summed E-state index contributed by atoms with van der Waals surface area (Å²) in [6.45, 7) is 3.48. The van der Waals surface area contributed by atoms with Crippen LogP contribution in [0.2, 0.25) is 0 Å². The number of hydrogen-bond donors (Lipinski definition) is 1. The van der Waals surface area contributed by atoms with Crippen molar-refractivity contribution in [1.29, 1.82) is 0 Å². The average Bonchev–Trinajstić information content (AvgIpc) is 2.58. The summed E-state index contributed by atoms with van der Waals surface area (Å²) >= 11 is 3.37. The predicted octanol–water partition coefficient (Wildman–Crippen LogP) is 4.60. The van der Waals surface area contributed by atoms with Gasteiger partial charge in [0.2, 0.25) is 0 Å². The van der Waals surface area contributed by atoms with Crippen molar-refractivity contribution in [3.05, 3.63) is 64.1 Å². The van der Waals surface area contributed by atoms with Gasteiger partial charge in [0.25, 0.3) is 5.91 Å². The van der Waals surface area contributed by atoms with Crippen LogP contribution < -0.4 is 10.1 Å². The van der Waals surface area contributed by atoms with E-state index in [4.69, 9.17) is 4.74 Å². The first kappa shape index (κ1) is 17.5. The number of aryl methyl sites for hydroxylation is 1. The zero-order valence-electron chi connectivity index (χ0n) is 13.3. The van der Waals surface area contributed by atoms with Crippen LogP contribution in [0.3, 0.4) is 0 Å². The number of benzene rings is 2. The number of carbonyl (C=O) groups excluding carboxylic acids is 1. The number of nitrogens with one attached hydrogen (secondary N) is 1. The summed E-state index contributed by atoms with van der Waals surface area (Å²) in [5, 5.41) is 2.96. The Morgan fingerprint density at radius 3 is 2.61 bits per heavy atom. The molecule has 0 atom stereocenters. The van der Waals surface area contributed by atoms with E-state index in [1.807, 2.05) is 42.5 Å². The van der Waals surface area contributed by atoms with Crippen LogP contribution in [0.15, 0.2) is 53.0 Å². The lowest BCUT2D eigenvalue weighted by molar-refractivity contribution is 0.0953. The number of ether oxygens (including phenoxy) is 1. The maximum atomic E-state index is 12.0. The fourth-order valence-electron chi connectivity index (χ4n) is 2.25. The molecule has 0 spiro atoms. The summed E-state index contributed by atoms with van der Waals surface area (Å²) in [5.41, 5.74) is 1.87. The lowest BCUT2D eigenvalue weighted by Gasteiger charge is -2.11. The second-order valence-corrected chi connectivity index (χ2v) is 6.24. The normalized spacial score (nSPS) is 10.3. The molecule has 23 heavy (non-hydrogen) atoms. The van der Waals surface area contributed by atoms with Crippen molar-refractivity contribution in [3.63, 3.8) is 0 Å². The molecular weight excluding hydrogens is 354 g/mol. The van der Waals surface area contributed by atoms with Crippen LogP contribution in [0.25, 0.3) is 0 Å². The molecule has 3 nitrogen and oxygen atoms in total. The van der Waals surface area contributed by atoms with E-state index in [0.29, 0.717) is 12.1 Å². The van der Waals surface area contributed by atoms with Crippen molar-refractivity contribution in [3.8, 4) is 5.75 Å². The molecule has 0 saturated heterocycles. The van der Waals surface area contributed by atoms with Gasteiger partial charge in [-0.15, -0.1) is 0 Å². The predicted molar refractivity (Wildman–Crippen MR) is 97.0 cm³/mol. The Morgan fingerprint density at radius 1 is 1.13 bits per heavy atom. The molecule has 0 saturated carbocycles. The van der Waals surface area contributed by atoms with Crippen molar-refractivity contribution in [2.45, 2.75) is 26.2 Å². The van der Waals surface area contributed by atoms with Crippen molar-refractivity contribution in [1.82, 2.24) is 5.32 Å². The molecule has 2 aromatic carbocycles. The molecule has 0 aromatic heterocycles. The van der Waals surface area contributed by atoms with Gasteiger partial charge in [-0.05, 0) is 55.2 Å². The molecule has 1 N–H and O–H groups in total. The third kappa shape index (κ3) is 5.71. The molecule has 0 aliphatic rings. The van der Waals surface area contributed by atoms with Gasteiger partial charge in [0.15, 0.2) is 0 Å². The zero-order valence-corrected chi connectivity index (χ0v) is 14.9. The van der Waals surface area contributed by atoms with E-state index in [2.05, 4.69) is 34.2 Å². The molecule has 0 bridgehead atoms. The van der Waals surface area contributed by atoms with E-state index in [1.54, 1.807) is 0 Å². The second kappa shape index (κ2) is 9.36. The van der Waals surface area contributed by atoms with Crippen LogP contribution >= 0.6 is 15.9 Å². The standard InChI is InChI=1S/C19H22BrNO2/c1-2-14-23-18-8-4-3-6-15(18)7-5-13-21-19(22)16-9-11-17(20)12-10-16/h3-4,6,8-12H,2,5,7,13-14H2,1H3,(H,21,22). The summed E-state index contributed by atoms with van der Waals surface area (Å²) in [7, 11) is 0. The lowest BCUT2D eigenvalue weighted by atomic mass is 10.1. The molecule has 2 aromatic rings. The number of rotatable bonds is 8. The van der Waals surface area contributed by atoms with Gasteiger partial charge in [0, 0.05) is 16.6 Å². The van der Waals surface area contributed by atoms with Crippen LogP contribution in [0, 0.1) is 0 Å².